The van der Waals surface area contributed by atoms with Crippen molar-refractivity contribution in [1.82, 2.24) is 0 Å². The Morgan fingerprint density at radius 2 is 1.63 bits per heavy atom. The Labute approximate surface area is 115 Å². The minimum Gasteiger partial charge on any atom is -0.457 e. The molecule has 0 aliphatic rings. The number of hydrogen-bond acceptors (Lipinski definition) is 2. The number of para-hydroxylation sites is 1. The molecule has 19 heavy (non-hydrogen) atoms. The van der Waals surface area contributed by atoms with Crippen molar-refractivity contribution in [3.63, 3.8) is 0 Å². The zero-order valence-electron chi connectivity index (χ0n) is 11.5. The Kier molecular flexibility index (Phi) is 4.58. The predicted molar refractivity (Wildman–Crippen MR) is 79.5 cm³/mol. The first kappa shape index (κ1) is 13.6. The standard InChI is InChI=1S/C17H21NO/c1-13(2)17(18)12-14-7-6-10-16(11-14)19-15-8-4-3-5-9-15/h3-11,13,17H,12,18H2,1-2H3. The fraction of sp³-hybridized carbons (Fsp3) is 0.294. The zero-order valence-corrected chi connectivity index (χ0v) is 11.5. The van der Waals surface area contributed by atoms with Gasteiger partial charge >= 0.3 is 0 Å². The summed E-state index contributed by atoms with van der Waals surface area (Å²) in [6.07, 6.45) is 0.879. The van der Waals surface area contributed by atoms with Gasteiger partial charge in [-0.25, -0.2) is 0 Å². The van der Waals surface area contributed by atoms with E-state index in [2.05, 4.69) is 26.0 Å². The number of rotatable bonds is 5. The molecule has 0 spiro atoms. The normalized spacial score (nSPS) is 12.4. The van der Waals surface area contributed by atoms with Crippen LogP contribution >= 0.6 is 0 Å². The van der Waals surface area contributed by atoms with Crippen LogP contribution in [0.15, 0.2) is 54.6 Å². The van der Waals surface area contributed by atoms with E-state index in [1.165, 1.54) is 5.56 Å². The van der Waals surface area contributed by atoms with Crippen molar-refractivity contribution in [2.45, 2.75) is 26.3 Å². The highest BCUT2D eigenvalue weighted by molar-refractivity contribution is 5.34. The van der Waals surface area contributed by atoms with Gasteiger partial charge < -0.3 is 10.5 Å². The van der Waals surface area contributed by atoms with Gasteiger partial charge in [0.2, 0.25) is 0 Å². The highest BCUT2D eigenvalue weighted by Gasteiger charge is 2.09. The molecule has 0 aliphatic heterocycles. The van der Waals surface area contributed by atoms with E-state index in [1.807, 2.05) is 42.5 Å². The molecule has 0 saturated carbocycles. The van der Waals surface area contributed by atoms with Crippen LogP contribution < -0.4 is 10.5 Å². The van der Waals surface area contributed by atoms with Crippen molar-refractivity contribution in [2.24, 2.45) is 11.7 Å². The second-order valence-corrected chi connectivity index (χ2v) is 5.17. The van der Waals surface area contributed by atoms with Gasteiger partial charge in [-0.15, -0.1) is 0 Å². The van der Waals surface area contributed by atoms with E-state index in [9.17, 15) is 0 Å². The molecule has 0 radical (unpaired) electrons. The van der Waals surface area contributed by atoms with E-state index in [-0.39, 0.29) is 6.04 Å². The van der Waals surface area contributed by atoms with Gasteiger partial charge in [0.25, 0.3) is 0 Å². The van der Waals surface area contributed by atoms with Gasteiger partial charge in [-0.2, -0.15) is 0 Å². The maximum Gasteiger partial charge on any atom is 0.127 e. The summed E-state index contributed by atoms with van der Waals surface area (Å²) in [7, 11) is 0. The molecule has 0 aliphatic carbocycles. The number of hydrogen-bond donors (Lipinski definition) is 1. The average molecular weight is 255 g/mol. The van der Waals surface area contributed by atoms with Crippen LogP contribution in [0, 0.1) is 5.92 Å². The monoisotopic (exact) mass is 255 g/mol. The zero-order chi connectivity index (χ0) is 13.7. The lowest BCUT2D eigenvalue weighted by molar-refractivity contribution is 0.475. The minimum absolute atomic E-state index is 0.187. The Hall–Kier alpha value is -1.80. The van der Waals surface area contributed by atoms with Crippen molar-refractivity contribution in [2.75, 3.05) is 0 Å². The summed E-state index contributed by atoms with van der Waals surface area (Å²) in [5.74, 6) is 2.20. The first-order chi connectivity index (χ1) is 9.15. The maximum atomic E-state index is 6.11. The maximum absolute atomic E-state index is 6.11. The largest absolute Gasteiger partial charge is 0.457 e. The molecular weight excluding hydrogens is 234 g/mol. The van der Waals surface area contributed by atoms with E-state index in [0.29, 0.717) is 5.92 Å². The summed E-state index contributed by atoms with van der Waals surface area (Å²) >= 11 is 0. The highest BCUT2D eigenvalue weighted by Crippen LogP contribution is 2.22. The smallest absolute Gasteiger partial charge is 0.127 e. The summed E-state index contributed by atoms with van der Waals surface area (Å²) in [4.78, 5) is 0. The van der Waals surface area contributed by atoms with Crippen LogP contribution in [0.1, 0.15) is 19.4 Å². The SMILES string of the molecule is CC(C)C(N)Cc1cccc(Oc2ccccc2)c1. The predicted octanol–water partition coefficient (Wildman–Crippen LogP) is 4.00. The molecule has 2 rings (SSSR count). The number of nitrogens with two attached hydrogens (primary N) is 1. The summed E-state index contributed by atoms with van der Waals surface area (Å²) in [6, 6.07) is 18.1. The molecule has 0 saturated heterocycles. The fourth-order valence-corrected chi connectivity index (χ4v) is 1.87. The van der Waals surface area contributed by atoms with E-state index in [0.717, 1.165) is 17.9 Å². The van der Waals surface area contributed by atoms with Crippen molar-refractivity contribution in [1.29, 1.82) is 0 Å². The molecular formula is C17H21NO. The fourth-order valence-electron chi connectivity index (χ4n) is 1.87. The van der Waals surface area contributed by atoms with E-state index in [4.69, 9.17) is 10.5 Å². The van der Waals surface area contributed by atoms with Gasteiger partial charge in [0.15, 0.2) is 0 Å². The summed E-state index contributed by atoms with van der Waals surface area (Å²) in [5, 5.41) is 0. The van der Waals surface area contributed by atoms with Gasteiger partial charge in [0, 0.05) is 6.04 Å². The molecule has 2 N–H and O–H groups in total. The average Bonchev–Trinajstić information content (AvgIpc) is 2.40. The lowest BCUT2D eigenvalue weighted by atomic mass is 9.97. The van der Waals surface area contributed by atoms with Gasteiger partial charge in [-0.1, -0.05) is 44.2 Å². The second-order valence-electron chi connectivity index (χ2n) is 5.17. The quantitative estimate of drug-likeness (QED) is 0.876. The van der Waals surface area contributed by atoms with Crippen LogP contribution in [0.5, 0.6) is 11.5 Å². The molecule has 1 atom stereocenters. The Morgan fingerprint density at radius 3 is 2.32 bits per heavy atom. The lowest BCUT2D eigenvalue weighted by Gasteiger charge is -2.16. The van der Waals surface area contributed by atoms with E-state index >= 15 is 0 Å². The molecule has 100 valence electrons. The Morgan fingerprint density at radius 1 is 0.947 bits per heavy atom. The molecule has 2 heteroatoms. The first-order valence-corrected chi connectivity index (χ1v) is 6.72. The van der Waals surface area contributed by atoms with Crippen LogP contribution in [-0.4, -0.2) is 6.04 Å². The Bertz CT molecular complexity index is 508. The lowest BCUT2D eigenvalue weighted by Crippen LogP contribution is -2.28. The second kappa shape index (κ2) is 6.39. The van der Waals surface area contributed by atoms with Crippen molar-refractivity contribution in [3.05, 3.63) is 60.2 Å². The molecule has 2 aromatic carbocycles. The van der Waals surface area contributed by atoms with Crippen molar-refractivity contribution >= 4 is 0 Å². The molecule has 0 amide bonds. The van der Waals surface area contributed by atoms with Crippen LogP contribution in [-0.2, 0) is 6.42 Å². The van der Waals surface area contributed by atoms with Crippen LogP contribution in [0.3, 0.4) is 0 Å². The Balaban J connectivity index is 2.07. The third-order valence-corrected chi connectivity index (χ3v) is 3.21. The number of benzene rings is 2. The van der Waals surface area contributed by atoms with E-state index in [1.54, 1.807) is 0 Å². The third kappa shape index (κ3) is 4.11. The van der Waals surface area contributed by atoms with Crippen molar-refractivity contribution < 1.29 is 4.74 Å². The van der Waals surface area contributed by atoms with Gasteiger partial charge in [-0.3, -0.25) is 0 Å². The molecule has 0 aromatic heterocycles. The minimum atomic E-state index is 0.187. The summed E-state index contributed by atoms with van der Waals surface area (Å²) < 4.78 is 5.82. The van der Waals surface area contributed by atoms with Crippen LogP contribution in [0.2, 0.25) is 0 Å². The summed E-state index contributed by atoms with van der Waals surface area (Å²) in [6.45, 7) is 4.30. The topological polar surface area (TPSA) is 35.2 Å². The molecule has 1 unspecified atom stereocenters. The van der Waals surface area contributed by atoms with Crippen LogP contribution in [0.4, 0.5) is 0 Å². The first-order valence-electron chi connectivity index (χ1n) is 6.72. The molecule has 0 bridgehead atoms. The van der Waals surface area contributed by atoms with Crippen molar-refractivity contribution in [3.8, 4) is 11.5 Å². The van der Waals surface area contributed by atoms with Gasteiger partial charge in [0.05, 0.1) is 0 Å². The molecule has 0 heterocycles. The summed E-state index contributed by atoms with van der Waals surface area (Å²) in [5.41, 5.74) is 7.33. The third-order valence-electron chi connectivity index (χ3n) is 3.21. The van der Waals surface area contributed by atoms with Crippen LogP contribution in [0.25, 0.3) is 0 Å². The highest BCUT2D eigenvalue weighted by atomic mass is 16.5. The van der Waals surface area contributed by atoms with Gasteiger partial charge in [-0.05, 0) is 42.2 Å². The number of ether oxygens (including phenoxy) is 1. The molecule has 2 nitrogen and oxygen atoms in total. The molecule has 2 aromatic rings. The van der Waals surface area contributed by atoms with E-state index < -0.39 is 0 Å². The van der Waals surface area contributed by atoms with Gasteiger partial charge in [0.1, 0.15) is 11.5 Å². The molecule has 0 fully saturated rings.